The first-order valence-electron chi connectivity index (χ1n) is 4.06. The summed E-state index contributed by atoms with van der Waals surface area (Å²) in [6, 6.07) is 2.10. The second kappa shape index (κ2) is 4.93. The highest BCUT2D eigenvalue weighted by molar-refractivity contribution is 7.80. The van der Waals surface area contributed by atoms with Gasteiger partial charge in [0, 0.05) is 11.3 Å². The van der Waals surface area contributed by atoms with Crippen LogP contribution in [-0.2, 0) is 0 Å². The minimum absolute atomic E-state index is 0.0304. The molecule has 1 N–H and O–H groups in total. The lowest BCUT2D eigenvalue weighted by Gasteiger charge is -2.02. The van der Waals surface area contributed by atoms with E-state index < -0.39 is 23.2 Å². The summed E-state index contributed by atoms with van der Waals surface area (Å²) in [5, 5.41) is 8.58. The fraction of sp³-hybridized carbons (Fsp3) is 0.100. The van der Waals surface area contributed by atoms with Crippen LogP contribution >= 0.6 is 12.6 Å². The van der Waals surface area contributed by atoms with Gasteiger partial charge in [-0.2, -0.15) is 12.6 Å². The average Bonchev–Trinajstić information content (AvgIpc) is 2.16. The number of thiol groups is 1. The van der Waals surface area contributed by atoms with E-state index in [1.54, 1.807) is 0 Å². The lowest BCUT2D eigenvalue weighted by Crippen LogP contribution is -2.05. The topological polar surface area (TPSA) is 37.3 Å². The van der Waals surface area contributed by atoms with Crippen molar-refractivity contribution in [3.63, 3.8) is 0 Å². The highest BCUT2D eigenvalue weighted by Crippen LogP contribution is 2.18. The van der Waals surface area contributed by atoms with Gasteiger partial charge in [-0.15, -0.1) is 0 Å². The zero-order valence-corrected chi connectivity index (χ0v) is 8.47. The molecule has 0 aliphatic carbocycles. The van der Waals surface area contributed by atoms with Crippen LogP contribution in [0.1, 0.15) is 15.9 Å². The highest BCUT2D eigenvalue weighted by atomic mass is 32.1. The summed E-state index contributed by atoms with van der Waals surface area (Å²) in [6.45, 7) is 0. The normalized spacial score (nSPS) is 10.9. The van der Waals surface area contributed by atoms with Crippen molar-refractivity contribution < 1.29 is 18.7 Å². The SMILES string of the molecule is O=C(O)c1c(F)ccc(C=CCS)c1F. The Morgan fingerprint density at radius 2 is 2.13 bits per heavy atom. The van der Waals surface area contributed by atoms with Crippen LogP contribution in [0.25, 0.3) is 6.08 Å². The molecule has 0 saturated carbocycles. The number of carboxylic acid groups (broad SMARTS) is 1. The van der Waals surface area contributed by atoms with Gasteiger partial charge in [0.1, 0.15) is 17.2 Å². The maximum Gasteiger partial charge on any atom is 0.341 e. The Labute approximate surface area is 90.6 Å². The molecule has 0 aliphatic heterocycles. The number of halogens is 2. The molecule has 1 aromatic carbocycles. The molecular formula is C10H8F2O2S. The van der Waals surface area contributed by atoms with Crippen molar-refractivity contribution in [3.05, 3.63) is 41.0 Å². The number of aromatic carboxylic acids is 1. The number of carboxylic acids is 1. The maximum atomic E-state index is 13.4. The second-order valence-corrected chi connectivity index (χ2v) is 3.08. The van der Waals surface area contributed by atoms with Crippen LogP contribution in [0.2, 0.25) is 0 Å². The molecule has 1 aromatic rings. The first-order chi connectivity index (χ1) is 7.07. The maximum absolute atomic E-state index is 13.4. The van der Waals surface area contributed by atoms with Crippen molar-refractivity contribution in [2.24, 2.45) is 0 Å². The number of benzene rings is 1. The van der Waals surface area contributed by atoms with Crippen LogP contribution in [0.15, 0.2) is 18.2 Å². The molecule has 0 saturated heterocycles. The predicted molar refractivity (Wildman–Crippen MR) is 56.2 cm³/mol. The van der Waals surface area contributed by atoms with Crippen molar-refractivity contribution in [1.82, 2.24) is 0 Å². The molecular weight excluding hydrogens is 222 g/mol. The fourth-order valence-corrected chi connectivity index (χ4v) is 1.18. The molecule has 0 unspecified atom stereocenters. The second-order valence-electron chi connectivity index (χ2n) is 2.72. The van der Waals surface area contributed by atoms with Gasteiger partial charge >= 0.3 is 5.97 Å². The Morgan fingerprint density at radius 1 is 1.47 bits per heavy atom. The van der Waals surface area contributed by atoms with E-state index in [2.05, 4.69) is 12.6 Å². The molecule has 0 heterocycles. The van der Waals surface area contributed by atoms with Gasteiger partial charge < -0.3 is 5.11 Å². The van der Waals surface area contributed by atoms with Gasteiger partial charge in [0.15, 0.2) is 0 Å². The lowest BCUT2D eigenvalue weighted by atomic mass is 10.1. The summed E-state index contributed by atoms with van der Waals surface area (Å²) in [5.74, 6) is -3.38. The molecule has 0 atom stereocenters. The Bertz CT molecular complexity index is 416. The number of hydrogen-bond acceptors (Lipinski definition) is 2. The summed E-state index contributed by atoms with van der Waals surface area (Å²) >= 11 is 3.87. The van der Waals surface area contributed by atoms with E-state index in [9.17, 15) is 13.6 Å². The molecule has 2 nitrogen and oxygen atoms in total. The lowest BCUT2D eigenvalue weighted by molar-refractivity contribution is 0.0686. The van der Waals surface area contributed by atoms with Gasteiger partial charge in [0.25, 0.3) is 0 Å². The van der Waals surface area contributed by atoms with Crippen LogP contribution < -0.4 is 0 Å². The Hall–Kier alpha value is -1.36. The van der Waals surface area contributed by atoms with Crippen LogP contribution in [0, 0.1) is 11.6 Å². The summed E-state index contributed by atoms with van der Waals surface area (Å²) in [4.78, 5) is 10.5. The van der Waals surface area contributed by atoms with Crippen LogP contribution in [0.5, 0.6) is 0 Å². The van der Waals surface area contributed by atoms with E-state index in [1.165, 1.54) is 18.2 Å². The molecule has 1 rings (SSSR count). The van der Waals surface area contributed by atoms with Crippen molar-refractivity contribution >= 4 is 24.7 Å². The smallest absolute Gasteiger partial charge is 0.341 e. The molecule has 15 heavy (non-hydrogen) atoms. The predicted octanol–water partition coefficient (Wildman–Crippen LogP) is 2.61. The third-order valence-corrected chi connectivity index (χ3v) is 1.95. The van der Waals surface area contributed by atoms with Gasteiger partial charge in [-0.05, 0) is 12.1 Å². The van der Waals surface area contributed by atoms with Gasteiger partial charge in [-0.25, -0.2) is 13.6 Å². The van der Waals surface area contributed by atoms with Crippen LogP contribution in [0.4, 0.5) is 8.78 Å². The molecule has 0 aliphatic rings. The number of carbonyl (C=O) groups is 1. The minimum atomic E-state index is -1.62. The first-order valence-corrected chi connectivity index (χ1v) is 4.70. The largest absolute Gasteiger partial charge is 0.477 e. The van der Waals surface area contributed by atoms with Crippen LogP contribution in [-0.4, -0.2) is 16.8 Å². The van der Waals surface area contributed by atoms with E-state index in [0.29, 0.717) is 5.75 Å². The Kier molecular flexibility index (Phi) is 3.85. The fourth-order valence-electron chi connectivity index (χ4n) is 1.07. The van der Waals surface area contributed by atoms with E-state index in [0.717, 1.165) is 6.07 Å². The van der Waals surface area contributed by atoms with Crippen LogP contribution in [0.3, 0.4) is 0 Å². The molecule has 0 bridgehead atoms. The highest BCUT2D eigenvalue weighted by Gasteiger charge is 2.18. The van der Waals surface area contributed by atoms with Crippen molar-refractivity contribution in [3.8, 4) is 0 Å². The Balaban J connectivity index is 3.28. The van der Waals surface area contributed by atoms with Gasteiger partial charge in [-0.1, -0.05) is 12.2 Å². The molecule has 0 spiro atoms. The quantitative estimate of drug-likeness (QED) is 0.783. The standard InChI is InChI=1S/C10H8F2O2S/c11-7-4-3-6(2-1-5-15)9(12)8(7)10(13)14/h1-4,15H,5H2,(H,13,14). The zero-order valence-electron chi connectivity index (χ0n) is 7.58. The third-order valence-electron chi connectivity index (χ3n) is 1.74. The summed E-state index contributed by atoms with van der Waals surface area (Å²) in [7, 11) is 0. The molecule has 5 heteroatoms. The molecule has 0 fully saturated rings. The molecule has 0 aromatic heterocycles. The molecule has 0 radical (unpaired) electrons. The van der Waals surface area contributed by atoms with Crippen molar-refractivity contribution in [1.29, 1.82) is 0 Å². The summed E-state index contributed by atoms with van der Waals surface area (Å²) in [6.07, 6.45) is 2.89. The van der Waals surface area contributed by atoms with Gasteiger partial charge in [0.2, 0.25) is 0 Å². The van der Waals surface area contributed by atoms with E-state index >= 15 is 0 Å². The third kappa shape index (κ3) is 2.56. The number of hydrogen-bond donors (Lipinski definition) is 2. The summed E-state index contributed by atoms with van der Waals surface area (Å²) < 4.78 is 26.4. The Morgan fingerprint density at radius 3 is 2.67 bits per heavy atom. The van der Waals surface area contributed by atoms with E-state index in [4.69, 9.17) is 5.11 Å². The summed E-state index contributed by atoms with van der Waals surface area (Å²) in [5.41, 5.74) is -0.904. The van der Waals surface area contributed by atoms with Crippen molar-refractivity contribution in [2.75, 3.05) is 5.75 Å². The van der Waals surface area contributed by atoms with E-state index in [1.807, 2.05) is 0 Å². The zero-order chi connectivity index (χ0) is 11.4. The van der Waals surface area contributed by atoms with E-state index in [-0.39, 0.29) is 5.56 Å². The monoisotopic (exact) mass is 230 g/mol. The first kappa shape index (κ1) is 11.7. The number of rotatable bonds is 3. The van der Waals surface area contributed by atoms with Gasteiger partial charge in [-0.3, -0.25) is 0 Å². The van der Waals surface area contributed by atoms with Crippen molar-refractivity contribution in [2.45, 2.75) is 0 Å². The minimum Gasteiger partial charge on any atom is -0.477 e. The molecule has 80 valence electrons. The average molecular weight is 230 g/mol. The molecule has 0 amide bonds. The van der Waals surface area contributed by atoms with Gasteiger partial charge in [0.05, 0.1) is 0 Å².